The SMILES string of the molecule is COc1ccc(C)cc1N1CC(C(=O)Nc2nc(C)c(C(=O)OCc3ccccc3)s2)CC1=O. The maximum absolute atomic E-state index is 12.9. The maximum atomic E-state index is 12.9. The Balaban J connectivity index is 1.40. The lowest BCUT2D eigenvalue weighted by Gasteiger charge is -2.20. The van der Waals surface area contributed by atoms with Crippen LogP contribution in [0.1, 0.15) is 32.9 Å². The molecule has 8 nitrogen and oxygen atoms in total. The standard InChI is InChI=1S/C25H25N3O5S/c1-15-9-10-20(32-3)19(11-15)28-13-18(12-21(28)29)23(30)27-25-26-16(2)22(34-25)24(31)33-14-17-7-5-4-6-8-17/h4-11,18H,12-14H2,1-3H3,(H,26,27,30). The number of carbonyl (C=O) groups is 3. The lowest BCUT2D eigenvalue weighted by molar-refractivity contribution is -0.122. The normalized spacial score (nSPS) is 15.3. The maximum Gasteiger partial charge on any atom is 0.350 e. The van der Waals surface area contributed by atoms with E-state index in [0.717, 1.165) is 22.5 Å². The van der Waals surface area contributed by atoms with E-state index in [2.05, 4.69) is 10.3 Å². The van der Waals surface area contributed by atoms with Crippen LogP contribution in [0.4, 0.5) is 10.8 Å². The fraction of sp³-hybridized carbons (Fsp3) is 0.280. The van der Waals surface area contributed by atoms with Gasteiger partial charge in [0.25, 0.3) is 0 Å². The lowest BCUT2D eigenvalue weighted by Crippen LogP contribution is -2.28. The molecule has 1 unspecified atom stereocenters. The number of rotatable bonds is 7. The number of nitrogens with zero attached hydrogens (tertiary/aromatic N) is 2. The molecule has 0 saturated carbocycles. The Morgan fingerprint density at radius 2 is 1.94 bits per heavy atom. The molecule has 0 aliphatic carbocycles. The fourth-order valence-electron chi connectivity index (χ4n) is 3.76. The summed E-state index contributed by atoms with van der Waals surface area (Å²) in [5.74, 6) is -0.928. The van der Waals surface area contributed by atoms with Gasteiger partial charge in [-0.25, -0.2) is 9.78 Å². The second-order valence-electron chi connectivity index (χ2n) is 8.07. The van der Waals surface area contributed by atoms with Crippen LogP contribution in [-0.2, 0) is 20.9 Å². The third kappa shape index (κ3) is 5.09. The molecule has 34 heavy (non-hydrogen) atoms. The monoisotopic (exact) mass is 479 g/mol. The van der Waals surface area contributed by atoms with Crippen LogP contribution in [0.25, 0.3) is 0 Å². The zero-order valence-electron chi connectivity index (χ0n) is 19.2. The molecule has 3 aromatic rings. The molecule has 0 spiro atoms. The zero-order valence-corrected chi connectivity index (χ0v) is 20.0. The average Bonchev–Trinajstić information content (AvgIpc) is 3.40. The minimum Gasteiger partial charge on any atom is -0.495 e. The molecule has 2 amide bonds. The first kappa shape index (κ1) is 23.4. The van der Waals surface area contributed by atoms with Gasteiger partial charge >= 0.3 is 5.97 Å². The van der Waals surface area contributed by atoms with E-state index >= 15 is 0 Å². The van der Waals surface area contributed by atoms with E-state index in [1.807, 2.05) is 55.5 Å². The number of benzene rings is 2. The number of carbonyl (C=O) groups excluding carboxylic acids is 3. The van der Waals surface area contributed by atoms with Gasteiger partial charge in [0.05, 0.1) is 24.4 Å². The van der Waals surface area contributed by atoms with Gasteiger partial charge in [-0.3, -0.25) is 9.59 Å². The van der Waals surface area contributed by atoms with Gasteiger partial charge in [0.15, 0.2) is 5.13 Å². The number of hydrogen-bond donors (Lipinski definition) is 1. The molecular formula is C25H25N3O5S. The van der Waals surface area contributed by atoms with Crippen LogP contribution in [-0.4, -0.2) is 36.4 Å². The predicted molar refractivity (Wildman–Crippen MR) is 129 cm³/mol. The summed E-state index contributed by atoms with van der Waals surface area (Å²) in [5.41, 5.74) is 3.00. The summed E-state index contributed by atoms with van der Waals surface area (Å²) in [6, 6.07) is 15.0. The van der Waals surface area contributed by atoms with Gasteiger partial charge in [-0.15, -0.1) is 0 Å². The van der Waals surface area contributed by atoms with E-state index in [1.165, 1.54) is 0 Å². The van der Waals surface area contributed by atoms with E-state index < -0.39 is 11.9 Å². The minimum atomic E-state index is -0.546. The molecule has 9 heteroatoms. The van der Waals surface area contributed by atoms with Gasteiger partial charge in [-0.1, -0.05) is 47.7 Å². The van der Waals surface area contributed by atoms with Crippen molar-refractivity contribution < 1.29 is 23.9 Å². The molecule has 4 rings (SSSR count). The number of methoxy groups -OCH3 is 1. The summed E-state index contributed by atoms with van der Waals surface area (Å²) in [5, 5.41) is 3.06. The summed E-state index contributed by atoms with van der Waals surface area (Å²) in [6.45, 7) is 4.01. The molecule has 1 aliphatic heterocycles. The van der Waals surface area contributed by atoms with Crippen LogP contribution < -0.4 is 15.0 Å². The number of hydrogen-bond acceptors (Lipinski definition) is 7. The van der Waals surface area contributed by atoms with Crippen molar-refractivity contribution in [2.24, 2.45) is 5.92 Å². The van der Waals surface area contributed by atoms with Crippen molar-refractivity contribution in [2.75, 3.05) is 23.9 Å². The highest BCUT2D eigenvalue weighted by Gasteiger charge is 2.36. The van der Waals surface area contributed by atoms with E-state index in [-0.39, 0.29) is 31.4 Å². The van der Waals surface area contributed by atoms with Crippen LogP contribution in [0.3, 0.4) is 0 Å². The largest absolute Gasteiger partial charge is 0.495 e. The Morgan fingerprint density at radius 3 is 2.68 bits per heavy atom. The van der Waals surface area contributed by atoms with Crippen molar-refractivity contribution in [3.63, 3.8) is 0 Å². The summed E-state index contributed by atoms with van der Waals surface area (Å²) >= 11 is 1.06. The molecule has 1 aliphatic rings. The molecule has 0 radical (unpaired) electrons. The summed E-state index contributed by atoms with van der Waals surface area (Å²) < 4.78 is 10.8. The highest BCUT2D eigenvalue weighted by Crippen LogP contribution is 2.34. The third-order valence-electron chi connectivity index (χ3n) is 5.55. The molecule has 1 atom stereocenters. The molecule has 2 aromatic carbocycles. The van der Waals surface area contributed by atoms with Gasteiger partial charge in [0, 0.05) is 13.0 Å². The highest BCUT2D eigenvalue weighted by molar-refractivity contribution is 7.17. The van der Waals surface area contributed by atoms with Crippen molar-refractivity contribution >= 4 is 39.9 Å². The van der Waals surface area contributed by atoms with Crippen molar-refractivity contribution in [1.29, 1.82) is 0 Å². The zero-order chi connectivity index (χ0) is 24.2. The smallest absolute Gasteiger partial charge is 0.350 e. The first-order chi connectivity index (χ1) is 16.4. The van der Waals surface area contributed by atoms with Crippen LogP contribution >= 0.6 is 11.3 Å². The number of esters is 1. The Hall–Kier alpha value is -3.72. The molecule has 0 bridgehead atoms. The number of nitrogens with one attached hydrogen (secondary N) is 1. The van der Waals surface area contributed by atoms with Crippen molar-refractivity contribution in [3.8, 4) is 5.75 Å². The van der Waals surface area contributed by atoms with Gasteiger partial charge < -0.3 is 19.7 Å². The van der Waals surface area contributed by atoms with Crippen LogP contribution in [0, 0.1) is 19.8 Å². The fourth-order valence-corrected chi connectivity index (χ4v) is 4.63. The lowest BCUT2D eigenvalue weighted by atomic mass is 10.1. The first-order valence-corrected chi connectivity index (χ1v) is 11.6. The Labute approximate surface area is 201 Å². The van der Waals surface area contributed by atoms with E-state index in [4.69, 9.17) is 9.47 Å². The van der Waals surface area contributed by atoms with Gasteiger partial charge in [0.1, 0.15) is 17.2 Å². The molecular weight excluding hydrogens is 454 g/mol. The molecule has 1 fully saturated rings. The number of thiazole rings is 1. The molecule has 1 N–H and O–H groups in total. The molecule has 1 saturated heterocycles. The van der Waals surface area contributed by atoms with Crippen LogP contribution in [0.5, 0.6) is 5.75 Å². The van der Waals surface area contributed by atoms with Crippen molar-refractivity contribution in [3.05, 3.63) is 70.2 Å². The summed E-state index contributed by atoms with van der Waals surface area (Å²) in [4.78, 5) is 44.3. The molecule has 176 valence electrons. The van der Waals surface area contributed by atoms with Crippen LogP contribution in [0.2, 0.25) is 0 Å². The Kier molecular flexibility index (Phi) is 6.93. The Morgan fingerprint density at radius 1 is 1.18 bits per heavy atom. The van der Waals surface area contributed by atoms with Gasteiger partial charge in [-0.2, -0.15) is 0 Å². The second kappa shape index (κ2) is 10.0. The number of aromatic nitrogens is 1. The quantitative estimate of drug-likeness (QED) is 0.512. The van der Waals surface area contributed by atoms with E-state index in [9.17, 15) is 14.4 Å². The highest BCUT2D eigenvalue weighted by atomic mass is 32.1. The summed E-state index contributed by atoms with van der Waals surface area (Å²) in [7, 11) is 1.55. The van der Waals surface area contributed by atoms with E-state index in [0.29, 0.717) is 27.1 Å². The number of ether oxygens (including phenoxy) is 2. The molecule has 2 heterocycles. The predicted octanol–water partition coefficient (Wildman–Crippen LogP) is 4.12. The van der Waals surface area contributed by atoms with Crippen LogP contribution in [0.15, 0.2) is 48.5 Å². The third-order valence-corrected chi connectivity index (χ3v) is 6.60. The average molecular weight is 480 g/mol. The number of anilines is 2. The summed E-state index contributed by atoms with van der Waals surface area (Å²) in [6.07, 6.45) is 0.0826. The Bertz CT molecular complexity index is 1220. The van der Waals surface area contributed by atoms with Gasteiger partial charge in [0.2, 0.25) is 11.8 Å². The number of aryl methyl sites for hydroxylation is 2. The number of amides is 2. The van der Waals surface area contributed by atoms with E-state index in [1.54, 1.807) is 18.9 Å². The topological polar surface area (TPSA) is 97.8 Å². The van der Waals surface area contributed by atoms with Crippen molar-refractivity contribution in [2.45, 2.75) is 26.9 Å². The van der Waals surface area contributed by atoms with Gasteiger partial charge in [-0.05, 0) is 37.1 Å². The van der Waals surface area contributed by atoms with Crippen molar-refractivity contribution in [1.82, 2.24) is 4.98 Å². The first-order valence-electron chi connectivity index (χ1n) is 10.8. The minimum absolute atomic E-state index is 0.0826. The molecule has 1 aromatic heterocycles. The second-order valence-corrected chi connectivity index (χ2v) is 9.06.